The van der Waals surface area contributed by atoms with Crippen LogP contribution in [0.2, 0.25) is 0 Å². The Kier molecular flexibility index (Phi) is 3.25. The number of hydrogen-bond acceptors (Lipinski definition) is 2. The second kappa shape index (κ2) is 4.66. The molecule has 0 aliphatic carbocycles. The van der Waals surface area contributed by atoms with Crippen molar-refractivity contribution >= 4 is 15.9 Å². The summed E-state index contributed by atoms with van der Waals surface area (Å²) in [5.41, 5.74) is 2.28. The maximum atomic E-state index is 5.71. The summed E-state index contributed by atoms with van der Waals surface area (Å²) in [4.78, 5) is 4.19. The summed E-state index contributed by atoms with van der Waals surface area (Å²) in [6.45, 7) is 4.04. The molecule has 0 aliphatic rings. The Labute approximate surface area is 103 Å². The monoisotopic (exact) mass is 277 g/mol. The van der Waals surface area contributed by atoms with Crippen LogP contribution in [-0.4, -0.2) is 4.98 Å². The Morgan fingerprint density at radius 3 is 2.75 bits per heavy atom. The summed E-state index contributed by atoms with van der Waals surface area (Å²) in [6, 6.07) is 9.84. The van der Waals surface area contributed by atoms with Crippen LogP contribution in [0.15, 0.2) is 41.0 Å². The van der Waals surface area contributed by atoms with E-state index in [4.69, 9.17) is 4.74 Å². The van der Waals surface area contributed by atoms with Gasteiger partial charge in [-0.25, -0.2) is 4.98 Å². The van der Waals surface area contributed by atoms with E-state index in [9.17, 15) is 0 Å². The maximum Gasteiger partial charge on any atom is 0.233 e. The highest BCUT2D eigenvalue weighted by Gasteiger charge is 2.06. The van der Waals surface area contributed by atoms with Crippen molar-refractivity contribution in [3.8, 4) is 11.6 Å². The first-order chi connectivity index (χ1) is 7.66. The van der Waals surface area contributed by atoms with Crippen molar-refractivity contribution in [2.75, 3.05) is 0 Å². The number of rotatable bonds is 2. The molecule has 0 N–H and O–H groups in total. The Bertz CT molecular complexity index is 511. The van der Waals surface area contributed by atoms with Gasteiger partial charge in [0.15, 0.2) is 0 Å². The second-order valence-electron chi connectivity index (χ2n) is 3.67. The fraction of sp³-hybridized carbons (Fsp3) is 0.154. The summed E-state index contributed by atoms with van der Waals surface area (Å²) < 4.78 is 6.61. The normalized spacial score (nSPS) is 10.2. The molecule has 0 aliphatic heterocycles. The van der Waals surface area contributed by atoms with Gasteiger partial charge in [-0.05, 0) is 59.1 Å². The lowest BCUT2D eigenvalue weighted by molar-refractivity contribution is 0.459. The molecule has 2 nitrogen and oxygen atoms in total. The molecule has 82 valence electrons. The lowest BCUT2D eigenvalue weighted by Gasteiger charge is -2.08. The molecule has 0 bridgehead atoms. The van der Waals surface area contributed by atoms with Gasteiger partial charge < -0.3 is 4.74 Å². The number of halogens is 1. The van der Waals surface area contributed by atoms with E-state index in [1.54, 1.807) is 6.20 Å². The zero-order valence-corrected chi connectivity index (χ0v) is 10.8. The van der Waals surface area contributed by atoms with E-state index in [0.29, 0.717) is 5.88 Å². The average Bonchev–Trinajstić information content (AvgIpc) is 2.25. The molecule has 1 aromatic heterocycles. The molecule has 1 heterocycles. The number of benzene rings is 1. The van der Waals surface area contributed by atoms with Crippen molar-refractivity contribution in [1.82, 2.24) is 4.98 Å². The standard InChI is InChI=1S/C13H12BrNO/c1-9-4-3-5-11(8-9)16-13-12(14)10(2)6-7-15-13/h3-8H,1-2H3. The largest absolute Gasteiger partial charge is 0.438 e. The predicted octanol–water partition coefficient (Wildman–Crippen LogP) is 4.25. The highest BCUT2D eigenvalue weighted by molar-refractivity contribution is 9.10. The predicted molar refractivity (Wildman–Crippen MR) is 67.9 cm³/mol. The SMILES string of the molecule is Cc1cccc(Oc2nccc(C)c2Br)c1. The third-order valence-corrected chi connectivity index (χ3v) is 3.22. The third-order valence-electron chi connectivity index (χ3n) is 2.25. The third kappa shape index (κ3) is 2.42. The quantitative estimate of drug-likeness (QED) is 0.819. The van der Waals surface area contributed by atoms with Crippen molar-refractivity contribution in [2.45, 2.75) is 13.8 Å². The molecular formula is C13H12BrNO. The van der Waals surface area contributed by atoms with Crippen LogP contribution in [0.1, 0.15) is 11.1 Å². The van der Waals surface area contributed by atoms with Crippen LogP contribution in [0.4, 0.5) is 0 Å². The van der Waals surface area contributed by atoms with Crippen LogP contribution in [0, 0.1) is 13.8 Å². The number of aromatic nitrogens is 1. The molecule has 0 saturated heterocycles. The lowest BCUT2D eigenvalue weighted by Crippen LogP contribution is -1.90. The van der Waals surface area contributed by atoms with Gasteiger partial charge in [-0.3, -0.25) is 0 Å². The van der Waals surface area contributed by atoms with Crippen LogP contribution >= 0.6 is 15.9 Å². The van der Waals surface area contributed by atoms with Crippen LogP contribution < -0.4 is 4.74 Å². The summed E-state index contributed by atoms with van der Waals surface area (Å²) in [6.07, 6.45) is 1.74. The topological polar surface area (TPSA) is 22.1 Å². The van der Waals surface area contributed by atoms with E-state index in [0.717, 1.165) is 15.8 Å². The molecule has 2 rings (SSSR count). The van der Waals surface area contributed by atoms with Crippen molar-refractivity contribution in [3.05, 3.63) is 52.1 Å². The molecule has 0 atom stereocenters. The fourth-order valence-electron chi connectivity index (χ4n) is 1.38. The van der Waals surface area contributed by atoms with Gasteiger partial charge in [0.05, 0.1) is 4.47 Å². The van der Waals surface area contributed by atoms with E-state index in [1.807, 2.05) is 44.2 Å². The lowest BCUT2D eigenvalue weighted by atomic mass is 10.2. The first-order valence-electron chi connectivity index (χ1n) is 5.02. The average molecular weight is 278 g/mol. The van der Waals surface area contributed by atoms with E-state index >= 15 is 0 Å². The molecule has 0 fully saturated rings. The Morgan fingerprint density at radius 2 is 2.00 bits per heavy atom. The molecule has 3 heteroatoms. The molecule has 0 amide bonds. The van der Waals surface area contributed by atoms with Crippen molar-refractivity contribution in [1.29, 1.82) is 0 Å². The van der Waals surface area contributed by atoms with Gasteiger partial charge >= 0.3 is 0 Å². The van der Waals surface area contributed by atoms with Crippen LogP contribution in [0.5, 0.6) is 11.6 Å². The summed E-state index contributed by atoms with van der Waals surface area (Å²) in [7, 11) is 0. The first kappa shape index (κ1) is 11.1. The fourth-order valence-corrected chi connectivity index (χ4v) is 1.69. The zero-order valence-electron chi connectivity index (χ0n) is 9.20. The molecule has 0 unspecified atom stereocenters. The second-order valence-corrected chi connectivity index (χ2v) is 4.46. The highest BCUT2D eigenvalue weighted by atomic mass is 79.9. The van der Waals surface area contributed by atoms with E-state index < -0.39 is 0 Å². The minimum absolute atomic E-state index is 0.602. The highest BCUT2D eigenvalue weighted by Crippen LogP contribution is 2.29. The summed E-state index contributed by atoms with van der Waals surface area (Å²) in [5, 5.41) is 0. The van der Waals surface area contributed by atoms with Gasteiger partial charge in [-0.15, -0.1) is 0 Å². The summed E-state index contributed by atoms with van der Waals surface area (Å²) >= 11 is 3.47. The van der Waals surface area contributed by atoms with Gasteiger partial charge in [0.2, 0.25) is 5.88 Å². The molecular weight excluding hydrogens is 266 g/mol. The van der Waals surface area contributed by atoms with Crippen LogP contribution in [0.25, 0.3) is 0 Å². The van der Waals surface area contributed by atoms with Gasteiger partial charge in [0.1, 0.15) is 5.75 Å². The molecule has 16 heavy (non-hydrogen) atoms. The first-order valence-corrected chi connectivity index (χ1v) is 5.82. The van der Waals surface area contributed by atoms with Crippen molar-refractivity contribution in [2.24, 2.45) is 0 Å². The van der Waals surface area contributed by atoms with Crippen LogP contribution in [-0.2, 0) is 0 Å². The van der Waals surface area contributed by atoms with Gasteiger partial charge in [-0.1, -0.05) is 12.1 Å². The Morgan fingerprint density at radius 1 is 1.19 bits per heavy atom. The van der Waals surface area contributed by atoms with Crippen LogP contribution in [0.3, 0.4) is 0 Å². The molecule has 2 aromatic rings. The summed E-state index contributed by atoms with van der Waals surface area (Å²) in [5.74, 6) is 1.41. The van der Waals surface area contributed by atoms with Crippen molar-refractivity contribution in [3.63, 3.8) is 0 Å². The van der Waals surface area contributed by atoms with E-state index in [-0.39, 0.29) is 0 Å². The number of hydrogen-bond donors (Lipinski definition) is 0. The number of pyridine rings is 1. The number of ether oxygens (including phenoxy) is 1. The Hall–Kier alpha value is -1.35. The zero-order chi connectivity index (χ0) is 11.5. The molecule has 0 saturated carbocycles. The van der Waals surface area contributed by atoms with Gasteiger partial charge in [0.25, 0.3) is 0 Å². The van der Waals surface area contributed by atoms with Crippen molar-refractivity contribution < 1.29 is 4.74 Å². The molecule has 0 spiro atoms. The minimum Gasteiger partial charge on any atom is -0.438 e. The van der Waals surface area contributed by atoms with E-state index in [1.165, 1.54) is 5.56 Å². The number of nitrogens with zero attached hydrogens (tertiary/aromatic N) is 1. The van der Waals surface area contributed by atoms with E-state index in [2.05, 4.69) is 20.9 Å². The number of aryl methyl sites for hydroxylation is 2. The molecule has 1 aromatic carbocycles. The molecule has 0 radical (unpaired) electrons. The maximum absolute atomic E-state index is 5.71. The smallest absolute Gasteiger partial charge is 0.233 e. The van der Waals surface area contributed by atoms with Gasteiger partial charge in [0, 0.05) is 6.20 Å². The Balaban J connectivity index is 2.31. The van der Waals surface area contributed by atoms with Gasteiger partial charge in [-0.2, -0.15) is 0 Å². The minimum atomic E-state index is 0.602.